The van der Waals surface area contributed by atoms with Gasteiger partial charge in [0.15, 0.2) is 0 Å². The predicted molar refractivity (Wildman–Crippen MR) is 62.3 cm³/mol. The van der Waals surface area contributed by atoms with Crippen LogP contribution in [0, 0.1) is 11.7 Å². The van der Waals surface area contributed by atoms with E-state index in [0.717, 1.165) is 18.5 Å². The zero-order valence-electron chi connectivity index (χ0n) is 9.76. The standard InChI is InChI=1S/C13H20FN/c1-4-13(15-9-10(2)3)11-7-5-6-8-12(11)14/h5-8,10,13,15H,4,9H2,1-3H3/t13-/m1/s1. The second-order valence-electron chi connectivity index (χ2n) is 4.28. The first-order valence-corrected chi connectivity index (χ1v) is 5.63. The first-order valence-electron chi connectivity index (χ1n) is 5.63. The van der Waals surface area contributed by atoms with Crippen molar-refractivity contribution in [2.75, 3.05) is 6.54 Å². The summed E-state index contributed by atoms with van der Waals surface area (Å²) in [6.07, 6.45) is 0.910. The van der Waals surface area contributed by atoms with Gasteiger partial charge >= 0.3 is 0 Å². The van der Waals surface area contributed by atoms with Crippen LogP contribution in [0.3, 0.4) is 0 Å². The van der Waals surface area contributed by atoms with Crippen LogP contribution in [-0.4, -0.2) is 6.54 Å². The molecule has 0 aliphatic carbocycles. The summed E-state index contributed by atoms with van der Waals surface area (Å²) >= 11 is 0. The Morgan fingerprint density at radius 1 is 1.27 bits per heavy atom. The van der Waals surface area contributed by atoms with E-state index in [9.17, 15) is 4.39 Å². The summed E-state index contributed by atoms with van der Waals surface area (Å²) in [4.78, 5) is 0. The maximum atomic E-state index is 13.5. The predicted octanol–water partition coefficient (Wildman–Crippen LogP) is 3.52. The van der Waals surface area contributed by atoms with Crippen LogP contribution in [-0.2, 0) is 0 Å². The average molecular weight is 209 g/mol. The molecule has 1 aromatic rings. The van der Waals surface area contributed by atoms with Crippen LogP contribution in [0.5, 0.6) is 0 Å². The summed E-state index contributed by atoms with van der Waals surface area (Å²) in [5.74, 6) is 0.478. The van der Waals surface area contributed by atoms with Gasteiger partial charge < -0.3 is 5.32 Å². The summed E-state index contributed by atoms with van der Waals surface area (Å²) < 4.78 is 13.5. The van der Waals surface area contributed by atoms with E-state index in [4.69, 9.17) is 0 Å². The van der Waals surface area contributed by atoms with Crippen molar-refractivity contribution >= 4 is 0 Å². The normalized spacial score (nSPS) is 13.1. The molecule has 0 radical (unpaired) electrons. The van der Waals surface area contributed by atoms with Crippen molar-refractivity contribution in [2.24, 2.45) is 5.92 Å². The van der Waals surface area contributed by atoms with Crippen LogP contribution >= 0.6 is 0 Å². The first-order chi connectivity index (χ1) is 7.15. The summed E-state index contributed by atoms with van der Waals surface area (Å²) in [5.41, 5.74) is 0.778. The molecular formula is C13H20FN. The quantitative estimate of drug-likeness (QED) is 0.782. The van der Waals surface area contributed by atoms with Crippen LogP contribution in [0.2, 0.25) is 0 Å². The van der Waals surface area contributed by atoms with Gasteiger partial charge in [0.05, 0.1) is 0 Å². The minimum atomic E-state index is -0.111. The van der Waals surface area contributed by atoms with Crippen LogP contribution in [0.15, 0.2) is 24.3 Å². The Kier molecular flexibility index (Phi) is 4.76. The van der Waals surface area contributed by atoms with Gasteiger partial charge in [-0.3, -0.25) is 0 Å². The highest BCUT2D eigenvalue weighted by atomic mass is 19.1. The topological polar surface area (TPSA) is 12.0 Å². The SMILES string of the molecule is CC[C@@H](NCC(C)C)c1ccccc1F. The lowest BCUT2D eigenvalue weighted by Crippen LogP contribution is -2.25. The summed E-state index contributed by atoms with van der Waals surface area (Å²) in [6.45, 7) is 7.30. The van der Waals surface area contributed by atoms with Gasteiger partial charge in [-0.15, -0.1) is 0 Å². The molecule has 0 aliphatic rings. The fourth-order valence-electron chi connectivity index (χ4n) is 1.61. The lowest BCUT2D eigenvalue weighted by molar-refractivity contribution is 0.449. The van der Waals surface area contributed by atoms with E-state index in [1.165, 1.54) is 6.07 Å². The average Bonchev–Trinajstić information content (AvgIpc) is 2.21. The molecule has 15 heavy (non-hydrogen) atoms. The Labute approximate surface area is 91.7 Å². The molecule has 1 nitrogen and oxygen atoms in total. The van der Waals surface area contributed by atoms with Crippen molar-refractivity contribution in [1.82, 2.24) is 5.32 Å². The van der Waals surface area contributed by atoms with E-state index in [1.54, 1.807) is 6.07 Å². The lowest BCUT2D eigenvalue weighted by atomic mass is 10.0. The van der Waals surface area contributed by atoms with Crippen molar-refractivity contribution in [1.29, 1.82) is 0 Å². The van der Waals surface area contributed by atoms with Crippen LogP contribution in [0.25, 0.3) is 0 Å². The molecule has 1 atom stereocenters. The van der Waals surface area contributed by atoms with Gasteiger partial charge in [0.1, 0.15) is 5.82 Å². The smallest absolute Gasteiger partial charge is 0.127 e. The zero-order valence-corrected chi connectivity index (χ0v) is 9.76. The molecule has 2 heteroatoms. The lowest BCUT2D eigenvalue weighted by Gasteiger charge is -2.19. The van der Waals surface area contributed by atoms with Gasteiger partial charge in [0.2, 0.25) is 0 Å². The molecule has 0 unspecified atom stereocenters. The third kappa shape index (κ3) is 3.63. The number of halogens is 1. The molecule has 0 saturated heterocycles. The number of rotatable bonds is 5. The minimum absolute atomic E-state index is 0.111. The van der Waals surface area contributed by atoms with E-state index in [1.807, 2.05) is 12.1 Å². The Morgan fingerprint density at radius 3 is 2.47 bits per heavy atom. The molecule has 0 heterocycles. The summed E-state index contributed by atoms with van der Waals surface area (Å²) in [5, 5.41) is 3.39. The van der Waals surface area contributed by atoms with Crippen molar-refractivity contribution < 1.29 is 4.39 Å². The van der Waals surface area contributed by atoms with Gasteiger partial charge in [-0.05, 0) is 24.9 Å². The van der Waals surface area contributed by atoms with Crippen molar-refractivity contribution in [2.45, 2.75) is 33.2 Å². The van der Waals surface area contributed by atoms with E-state index >= 15 is 0 Å². The molecule has 0 spiro atoms. The molecular weight excluding hydrogens is 189 g/mol. The molecule has 0 amide bonds. The molecule has 0 aromatic heterocycles. The fraction of sp³-hybridized carbons (Fsp3) is 0.538. The highest BCUT2D eigenvalue weighted by Gasteiger charge is 2.12. The van der Waals surface area contributed by atoms with Gasteiger partial charge in [-0.25, -0.2) is 4.39 Å². The second kappa shape index (κ2) is 5.86. The van der Waals surface area contributed by atoms with Gasteiger partial charge in [-0.2, -0.15) is 0 Å². The molecule has 0 aliphatic heterocycles. The van der Waals surface area contributed by atoms with Crippen LogP contribution in [0.1, 0.15) is 38.8 Å². The van der Waals surface area contributed by atoms with E-state index in [0.29, 0.717) is 5.92 Å². The Bertz CT molecular complexity index is 296. The largest absolute Gasteiger partial charge is 0.310 e. The number of hydrogen-bond acceptors (Lipinski definition) is 1. The van der Waals surface area contributed by atoms with Gasteiger partial charge in [0.25, 0.3) is 0 Å². The molecule has 0 bridgehead atoms. The maximum absolute atomic E-state index is 13.5. The Morgan fingerprint density at radius 2 is 1.93 bits per heavy atom. The first kappa shape index (κ1) is 12.2. The van der Waals surface area contributed by atoms with E-state index < -0.39 is 0 Å². The molecule has 1 rings (SSSR count). The van der Waals surface area contributed by atoms with Crippen LogP contribution in [0.4, 0.5) is 4.39 Å². The third-order valence-corrected chi connectivity index (χ3v) is 2.46. The highest BCUT2D eigenvalue weighted by Crippen LogP contribution is 2.19. The number of nitrogens with one attached hydrogen (secondary N) is 1. The van der Waals surface area contributed by atoms with E-state index in [2.05, 4.69) is 26.1 Å². The molecule has 1 aromatic carbocycles. The van der Waals surface area contributed by atoms with Crippen molar-refractivity contribution in [3.63, 3.8) is 0 Å². The monoisotopic (exact) mass is 209 g/mol. The second-order valence-corrected chi connectivity index (χ2v) is 4.28. The maximum Gasteiger partial charge on any atom is 0.127 e. The molecule has 0 fully saturated rings. The zero-order chi connectivity index (χ0) is 11.3. The minimum Gasteiger partial charge on any atom is -0.310 e. The van der Waals surface area contributed by atoms with Crippen LogP contribution < -0.4 is 5.32 Å². The number of hydrogen-bond donors (Lipinski definition) is 1. The molecule has 1 N–H and O–H groups in total. The van der Waals surface area contributed by atoms with Crippen molar-refractivity contribution in [3.8, 4) is 0 Å². The Hall–Kier alpha value is -0.890. The van der Waals surface area contributed by atoms with Crippen molar-refractivity contribution in [3.05, 3.63) is 35.6 Å². The van der Waals surface area contributed by atoms with E-state index in [-0.39, 0.29) is 11.9 Å². The highest BCUT2D eigenvalue weighted by molar-refractivity contribution is 5.21. The molecule has 84 valence electrons. The summed E-state index contributed by atoms with van der Waals surface area (Å²) in [7, 11) is 0. The van der Waals surface area contributed by atoms with Gasteiger partial charge in [-0.1, -0.05) is 39.0 Å². The fourth-order valence-corrected chi connectivity index (χ4v) is 1.61. The third-order valence-electron chi connectivity index (χ3n) is 2.46. The molecule has 0 saturated carbocycles. The summed E-state index contributed by atoms with van der Waals surface area (Å²) in [6, 6.07) is 7.13. The Balaban J connectivity index is 2.70. The number of benzene rings is 1. The van der Waals surface area contributed by atoms with Gasteiger partial charge in [0, 0.05) is 11.6 Å².